The summed E-state index contributed by atoms with van der Waals surface area (Å²) >= 11 is 6.04. The molecule has 0 saturated carbocycles. The lowest BCUT2D eigenvalue weighted by molar-refractivity contribution is 0.0692. The number of carboxylic acids is 1. The summed E-state index contributed by atoms with van der Waals surface area (Å²) in [4.78, 5) is 22.8. The fourth-order valence-electron chi connectivity index (χ4n) is 1.79. The number of carboxylic acid groups (broad SMARTS) is 1. The summed E-state index contributed by atoms with van der Waals surface area (Å²) in [6, 6.07) is 8.35. The average molecular weight is 308 g/mol. The van der Waals surface area contributed by atoms with Crippen LogP contribution < -0.4 is 5.32 Å². The van der Waals surface area contributed by atoms with Gasteiger partial charge in [-0.1, -0.05) is 23.7 Å². The van der Waals surface area contributed by atoms with E-state index in [1.165, 1.54) is 6.07 Å². The maximum atomic E-state index is 13.5. The van der Waals surface area contributed by atoms with Gasteiger partial charge in [-0.2, -0.15) is 0 Å². The van der Waals surface area contributed by atoms with Crippen molar-refractivity contribution in [1.82, 2.24) is 0 Å². The fraction of sp³-hybridized carbons (Fsp3) is 0.0667. The quantitative estimate of drug-likeness (QED) is 0.907. The minimum atomic E-state index is -1.37. The molecular weight excluding hydrogens is 297 g/mol. The highest BCUT2D eigenvalue weighted by atomic mass is 35.5. The number of nitrogens with one attached hydrogen (secondary N) is 1. The zero-order chi connectivity index (χ0) is 15.6. The highest BCUT2D eigenvalue weighted by Gasteiger charge is 2.14. The first kappa shape index (κ1) is 15.0. The minimum absolute atomic E-state index is 0.153. The zero-order valence-electron chi connectivity index (χ0n) is 11.0. The first-order chi connectivity index (χ1) is 9.90. The third-order valence-electron chi connectivity index (χ3n) is 2.89. The number of carbonyl (C=O) groups excluding carboxylic acids is 1. The molecule has 0 saturated heterocycles. The number of hydrogen-bond donors (Lipinski definition) is 2. The van der Waals surface area contributed by atoms with Crippen molar-refractivity contribution in [2.24, 2.45) is 0 Å². The molecule has 2 aromatic carbocycles. The molecule has 0 atom stereocenters. The number of aromatic carboxylic acids is 1. The van der Waals surface area contributed by atoms with E-state index in [4.69, 9.17) is 16.7 Å². The molecule has 21 heavy (non-hydrogen) atoms. The van der Waals surface area contributed by atoms with Gasteiger partial charge in [0.25, 0.3) is 5.91 Å². The van der Waals surface area contributed by atoms with Crippen LogP contribution in [0.15, 0.2) is 36.4 Å². The predicted molar refractivity (Wildman–Crippen MR) is 77.5 cm³/mol. The Labute approximate surface area is 125 Å². The Morgan fingerprint density at radius 2 is 1.90 bits per heavy atom. The van der Waals surface area contributed by atoms with E-state index in [0.717, 1.165) is 17.7 Å². The normalized spacial score (nSPS) is 10.2. The molecule has 0 spiro atoms. The smallest absolute Gasteiger partial charge is 0.338 e. The van der Waals surface area contributed by atoms with E-state index in [-0.39, 0.29) is 11.3 Å². The van der Waals surface area contributed by atoms with Crippen molar-refractivity contribution in [3.63, 3.8) is 0 Å². The van der Waals surface area contributed by atoms with Crippen LogP contribution in [0.2, 0.25) is 5.02 Å². The maximum Gasteiger partial charge on any atom is 0.338 e. The summed E-state index contributed by atoms with van der Waals surface area (Å²) in [5.74, 6) is -2.78. The molecule has 0 radical (unpaired) electrons. The molecule has 4 nitrogen and oxygen atoms in total. The van der Waals surface area contributed by atoms with Crippen LogP contribution in [-0.4, -0.2) is 17.0 Å². The second-order valence-electron chi connectivity index (χ2n) is 4.39. The van der Waals surface area contributed by atoms with Crippen LogP contribution in [0.25, 0.3) is 0 Å². The van der Waals surface area contributed by atoms with Crippen LogP contribution in [0.1, 0.15) is 26.3 Å². The lowest BCUT2D eigenvalue weighted by Gasteiger charge is -2.09. The van der Waals surface area contributed by atoms with Gasteiger partial charge in [-0.05, 0) is 36.8 Å². The highest BCUT2D eigenvalue weighted by Crippen LogP contribution is 2.22. The Morgan fingerprint density at radius 1 is 1.19 bits per heavy atom. The first-order valence-corrected chi connectivity index (χ1v) is 6.37. The molecule has 0 bridgehead atoms. The van der Waals surface area contributed by atoms with Crippen molar-refractivity contribution < 1.29 is 19.1 Å². The maximum absolute atomic E-state index is 13.5. The van der Waals surface area contributed by atoms with E-state index in [0.29, 0.717) is 5.02 Å². The fourth-order valence-corrected chi connectivity index (χ4v) is 2.00. The Morgan fingerprint density at radius 3 is 2.52 bits per heavy atom. The van der Waals surface area contributed by atoms with Gasteiger partial charge in [-0.15, -0.1) is 0 Å². The molecule has 108 valence electrons. The molecule has 6 heteroatoms. The molecule has 0 heterocycles. The van der Waals surface area contributed by atoms with Crippen LogP contribution in [-0.2, 0) is 0 Å². The van der Waals surface area contributed by atoms with E-state index >= 15 is 0 Å². The van der Waals surface area contributed by atoms with E-state index in [1.807, 2.05) is 0 Å². The molecule has 2 aromatic rings. The molecule has 1 amide bonds. The average Bonchev–Trinajstić information content (AvgIpc) is 2.41. The molecule has 0 unspecified atom stereocenters. The van der Waals surface area contributed by atoms with Crippen LogP contribution in [0.3, 0.4) is 0 Å². The number of anilines is 1. The largest absolute Gasteiger partial charge is 0.478 e. The Kier molecular flexibility index (Phi) is 4.23. The molecular formula is C15H11ClFNO3. The van der Waals surface area contributed by atoms with Crippen LogP contribution in [0.4, 0.5) is 10.1 Å². The topological polar surface area (TPSA) is 66.4 Å². The summed E-state index contributed by atoms with van der Waals surface area (Å²) in [5, 5.41) is 11.5. The Bertz CT molecular complexity index is 731. The van der Waals surface area contributed by atoms with Gasteiger partial charge in [0.05, 0.1) is 16.1 Å². The van der Waals surface area contributed by atoms with Crippen molar-refractivity contribution in [3.05, 3.63) is 63.9 Å². The minimum Gasteiger partial charge on any atom is -0.478 e. The summed E-state index contributed by atoms with van der Waals surface area (Å²) in [6.07, 6.45) is 0. The summed E-state index contributed by atoms with van der Waals surface area (Å²) < 4.78 is 13.5. The summed E-state index contributed by atoms with van der Waals surface area (Å²) in [6.45, 7) is 1.76. The molecule has 2 N–H and O–H groups in total. The van der Waals surface area contributed by atoms with Crippen molar-refractivity contribution in [2.45, 2.75) is 6.92 Å². The van der Waals surface area contributed by atoms with Gasteiger partial charge in [-0.25, -0.2) is 9.18 Å². The third-order valence-corrected chi connectivity index (χ3v) is 3.40. The van der Waals surface area contributed by atoms with Gasteiger partial charge in [0.1, 0.15) is 5.82 Å². The van der Waals surface area contributed by atoms with Crippen LogP contribution in [0, 0.1) is 12.7 Å². The first-order valence-electron chi connectivity index (χ1n) is 5.99. The van der Waals surface area contributed by atoms with Crippen molar-refractivity contribution in [2.75, 3.05) is 5.32 Å². The van der Waals surface area contributed by atoms with Crippen LogP contribution in [0.5, 0.6) is 0 Å². The van der Waals surface area contributed by atoms with Crippen LogP contribution >= 0.6 is 11.6 Å². The molecule has 0 aromatic heterocycles. The van der Waals surface area contributed by atoms with Crippen molar-refractivity contribution in [1.29, 1.82) is 0 Å². The monoisotopic (exact) mass is 307 g/mol. The number of rotatable bonds is 3. The van der Waals surface area contributed by atoms with Gasteiger partial charge < -0.3 is 10.4 Å². The standard InChI is InChI=1S/C15H11ClFNO3/c1-8-3-2-4-11(13(8)16)14(19)18-9-5-6-10(15(20)21)12(17)7-9/h2-7H,1H3,(H,18,19)(H,20,21). The number of hydrogen-bond acceptors (Lipinski definition) is 2. The zero-order valence-corrected chi connectivity index (χ0v) is 11.7. The van der Waals surface area contributed by atoms with Gasteiger partial charge in [-0.3, -0.25) is 4.79 Å². The van der Waals surface area contributed by atoms with Crippen molar-refractivity contribution >= 4 is 29.2 Å². The van der Waals surface area contributed by atoms with E-state index < -0.39 is 23.3 Å². The highest BCUT2D eigenvalue weighted by molar-refractivity contribution is 6.35. The predicted octanol–water partition coefficient (Wildman–Crippen LogP) is 3.74. The van der Waals surface area contributed by atoms with Crippen molar-refractivity contribution in [3.8, 4) is 0 Å². The molecule has 0 fully saturated rings. The van der Waals surface area contributed by atoms with E-state index in [1.54, 1.807) is 25.1 Å². The third kappa shape index (κ3) is 3.20. The number of benzene rings is 2. The summed E-state index contributed by atoms with van der Waals surface area (Å²) in [5.41, 5.74) is 0.706. The number of carbonyl (C=O) groups is 2. The lowest BCUT2D eigenvalue weighted by atomic mass is 10.1. The molecule has 2 rings (SSSR count). The van der Waals surface area contributed by atoms with Gasteiger partial charge >= 0.3 is 5.97 Å². The molecule has 0 aliphatic heterocycles. The molecule has 0 aliphatic rings. The second-order valence-corrected chi connectivity index (χ2v) is 4.77. The molecule has 0 aliphatic carbocycles. The van der Waals surface area contributed by atoms with Gasteiger partial charge in [0.2, 0.25) is 0 Å². The Hall–Kier alpha value is -2.40. The lowest BCUT2D eigenvalue weighted by Crippen LogP contribution is -2.13. The summed E-state index contributed by atoms with van der Waals surface area (Å²) in [7, 11) is 0. The Balaban J connectivity index is 2.26. The van der Waals surface area contributed by atoms with Gasteiger partial charge in [0, 0.05) is 5.69 Å². The second kappa shape index (κ2) is 5.93. The number of aryl methyl sites for hydroxylation is 1. The van der Waals surface area contributed by atoms with Gasteiger partial charge in [0.15, 0.2) is 0 Å². The van der Waals surface area contributed by atoms with E-state index in [2.05, 4.69) is 5.32 Å². The SMILES string of the molecule is Cc1cccc(C(=O)Nc2ccc(C(=O)O)c(F)c2)c1Cl. The number of amides is 1. The number of halogens is 2. The van der Waals surface area contributed by atoms with E-state index in [9.17, 15) is 14.0 Å².